The van der Waals surface area contributed by atoms with Gasteiger partial charge in [0.2, 0.25) is 0 Å². The predicted molar refractivity (Wildman–Crippen MR) is 76.7 cm³/mol. The molecule has 2 aliphatic heterocycles. The highest BCUT2D eigenvalue weighted by Crippen LogP contribution is 2.29. The molecule has 0 aromatic carbocycles. The molecule has 2 unspecified atom stereocenters. The zero-order valence-corrected chi connectivity index (χ0v) is 11.3. The quantitative estimate of drug-likeness (QED) is 0.615. The van der Waals surface area contributed by atoms with E-state index in [-0.39, 0.29) is 5.84 Å². The van der Waals surface area contributed by atoms with E-state index in [9.17, 15) is 0 Å². The summed E-state index contributed by atoms with van der Waals surface area (Å²) in [4.78, 5) is 9.38. The Morgan fingerprint density at radius 3 is 3.11 bits per heavy atom. The largest absolute Gasteiger partial charge is 0.384 e. The minimum Gasteiger partial charge on any atom is -0.384 e. The predicted octanol–water partition coefficient (Wildman–Crippen LogP) is 1.04. The summed E-state index contributed by atoms with van der Waals surface area (Å²) in [6.07, 6.45) is 4.36. The second kappa shape index (κ2) is 4.81. The van der Waals surface area contributed by atoms with Gasteiger partial charge in [-0.05, 0) is 38.4 Å². The third kappa shape index (κ3) is 2.18. The van der Waals surface area contributed by atoms with Crippen molar-refractivity contribution >= 4 is 11.7 Å². The van der Waals surface area contributed by atoms with Crippen LogP contribution in [-0.2, 0) is 0 Å². The third-order valence-corrected chi connectivity index (χ3v) is 4.29. The Hall–Kier alpha value is -1.62. The standard InChI is InChI=1S/C14H21N5/c1-10-8-18-7-3-4-11(18)9-19(10)14-12(13(15)16)5-2-6-17-14/h2,5-6,10-11H,3-4,7-9H2,1H3,(H3,15,16). The van der Waals surface area contributed by atoms with Crippen LogP contribution in [0.1, 0.15) is 25.3 Å². The number of pyridine rings is 1. The fraction of sp³-hybridized carbons (Fsp3) is 0.571. The molecule has 19 heavy (non-hydrogen) atoms. The molecule has 2 saturated heterocycles. The summed E-state index contributed by atoms with van der Waals surface area (Å²) in [7, 11) is 0. The molecule has 0 saturated carbocycles. The first kappa shape index (κ1) is 12.4. The monoisotopic (exact) mass is 259 g/mol. The molecule has 102 valence electrons. The summed E-state index contributed by atoms with van der Waals surface area (Å²) in [5.41, 5.74) is 6.43. The normalized spacial score (nSPS) is 27.3. The molecule has 0 aliphatic carbocycles. The van der Waals surface area contributed by atoms with E-state index in [4.69, 9.17) is 11.1 Å². The highest BCUT2D eigenvalue weighted by molar-refractivity contribution is 5.99. The van der Waals surface area contributed by atoms with Crippen molar-refractivity contribution in [1.29, 1.82) is 5.41 Å². The Morgan fingerprint density at radius 2 is 2.32 bits per heavy atom. The molecule has 1 aromatic heterocycles. The molecule has 3 rings (SSSR count). The van der Waals surface area contributed by atoms with Gasteiger partial charge in [-0.15, -0.1) is 0 Å². The summed E-state index contributed by atoms with van der Waals surface area (Å²) >= 11 is 0. The number of nitrogens with zero attached hydrogens (tertiary/aromatic N) is 3. The lowest BCUT2D eigenvalue weighted by Crippen LogP contribution is -2.55. The number of hydrogen-bond donors (Lipinski definition) is 2. The minimum atomic E-state index is 0.101. The van der Waals surface area contributed by atoms with E-state index in [1.165, 1.54) is 19.4 Å². The fourth-order valence-electron chi connectivity index (χ4n) is 3.32. The molecular formula is C14H21N5. The van der Waals surface area contributed by atoms with Crippen LogP contribution in [-0.4, -0.2) is 47.4 Å². The van der Waals surface area contributed by atoms with Crippen LogP contribution in [0, 0.1) is 5.41 Å². The van der Waals surface area contributed by atoms with Crippen LogP contribution >= 0.6 is 0 Å². The average molecular weight is 259 g/mol. The number of hydrogen-bond acceptors (Lipinski definition) is 4. The molecule has 3 heterocycles. The molecule has 0 bridgehead atoms. The first-order valence-corrected chi connectivity index (χ1v) is 6.97. The first-order valence-electron chi connectivity index (χ1n) is 6.97. The maximum absolute atomic E-state index is 7.71. The van der Waals surface area contributed by atoms with Crippen molar-refractivity contribution in [2.75, 3.05) is 24.5 Å². The van der Waals surface area contributed by atoms with Crippen LogP contribution in [0.2, 0.25) is 0 Å². The van der Waals surface area contributed by atoms with Crippen LogP contribution < -0.4 is 10.6 Å². The SMILES string of the molecule is CC1CN2CCCC2CN1c1ncccc1C(=N)N. The second-order valence-corrected chi connectivity index (χ2v) is 5.58. The van der Waals surface area contributed by atoms with E-state index in [0.717, 1.165) is 24.5 Å². The number of anilines is 1. The third-order valence-electron chi connectivity index (χ3n) is 4.29. The van der Waals surface area contributed by atoms with E-state index in [1.807, 2.05) is 12.1 Å². The molecule has 3 N–H and O–H groups in total. The highest BCUT2D eigenvalue weighted by Gasteiger charge is 2.35. The van der Waals surface area contributed by atoms with Crippen molar-refractivity contribution in [3.8, 4) is 0 Å². The van der Waals surface area contributed by atoms with Gasteiger partial charge in [0.1, 0.15) is 11.7 Å². The molecule has 5 nitrogen and oxygen atoms in total. The van der Waals surface area contributed by atoms with Crippen molar-refractivity contribution in [3.63, 3.8) is 0 Å². The van der Waals surface area contributed by atoms with E-state index < -0.39 is 0 Å². The topological polar surface area (TPSA) is 69.2 Å². The summed E-state index contributed by atoms with van der Waals surface area (Å²) in [5.74, 6) is 0.971. The van der Waals surface area contributed by atoms with Crippen molar-refractivity contribution in [2.45, 2.75) is 31.8 Å². The molecule has 1 aromatic rings. The number of nitrogens with two attached hydrogens (primary N) is 1. The number of nitrogens with one attached hydrogen (secondary N) is 1. The van der Waals surface area contributed by atoms with Gasteiger partial charge in [-0.1, -0.05) is 0 Å². The lowest BCUT2D eigenvalue weighted by atomic mass is 10.1. The Balaban J connectivity index is 1.91. The van der Waals surface area contributed by atoms with E-state index in [2.05, 4.69) is 21.7 Å². The van der Waals surface area contributed by atoms with Crippen molar-refractivity contribution in [2.24, 2.45) is 5.73 Å². The Kier molecular flexibility index (Phi) is 3.14. The van der Waals surface area contributed by atoms with Gasteiger partial charge in [-0.3, -0.25) is 10.3 Å². The van der Waals surface area contributed by atoms with Gasteiger partial charge in [-0.2, -0.15) is 0 Å². The number of fused-ring (bicyclic) bond motifs is 1. The molecule has 2 fully saturated rings. The van der Waals surface area contributed by atoms with Gasteiger partial charge in [0.25, 0.3) is 0 Å². The molecule has 0 spiro atoms. The van der Waals surface area contributed by atoms with Crippen LogP contribution in [0.15, 0.2) is 18.3 Å². The second-order valence-electron chi connectivity index (χ2n) is 5.58. The fourth-order valence-corrected chi connectivity index (χ4v) is 3.32. The number of amidine groups is 1. The zero-order valence-electron chi connectivity index (χ0n) is 11.3. The Labute approximate surface area is 113 Å². The van der Waals surface area contributed by atoms with Crippen LogP contribution in [0.5, 0.6) is 0 Å². The van der Waals surface area contributed by atoms with Gasteiger partial charge >= 0.3 is 0 Å². The van der Waals surface area contributed by atoms with Crippen LogP contribution in [0.3, 0.4) is 0 Å². The minimum absolute atomic E-state index is 0.101. The molecule has 2 atom stereocenters. The number of rotatable bonds is 2. The molecule has 5 heteroatoms. The molecular weight excluding hydrogens is 238 g/mol. The first-order chi connectivity index (χ1) is 9.16. The average Bonchev–Trinajstić information content (AvgIpc) is 2.84. The van der Waals surface area contributed by atoms with Crippen molar-refractivity contribution in [1.82, 2.24) is 9.88 Å². The maximum Gasteiger partial charge on any atom is 0.139 e. The van der Waals surface area contributed by atoms with Crippen molar-refractivity contribution in [3.05, 3.63) is 23.9 Å². The summed E-state index contributed by atoms with van der Waals surface area (Å²) < 4.78 is 0. The summed E-state index contributed by atoms with van der Waals surface area (Å²) in [6, 6.07) is 4.79. The van der Waals surface area contributed by atoms with Gasteiger partial charge in [0, 0.05) is 31.4 Å². The van der Waals surface area contributed by atoms with Crippen molar-refractivity contribution < 1.29 is 0 Å². The van der Waals surface area contributed by atoms with Gasteiger partial charge in [0.05, 0.1) is 5.56 Å². The van der Waals surface area contributed by atoms with Gasteiger partial charge < -0.3 is 10.6 Å². The van der Waals surface area contributed by atoms with Crippen LogP contribution in [0.4, 0.5) is 5.82 Å². The van der Waals surface area contributed by atoms with E-state index in [1.54, 1.807) is 6.20 Å². The summed E-state index contributed by atoms with van der Waals surface area (Å²) in [6.45, 7) is 5.54. The van der Waals surface area contributed by atoms with Crippen LogP contribution in [0.25, 0.3) is 0 Å². The summed E-state index contributed by atoms with van der Waals surface area (Å²) in [5, 5.41) is 7.71. The molecule has 2 aliphatic rings. The molecule has 0 amide bonds. The highest BCUT2D eigenvalue weighted by atomic mass is 15.3. The smallest absolute Gasteiger partial charge is 0.139 e. The molecule has 0 radical (unpaired) electrons. The number of aromatic nitrogens is 1. The number of piperazine rings is 1. The lowest BCUT2D eigenvalue weighted by molar-refractivity contribution is 0.202. The van der Waals surface area contributed by atoms with E-state index in [0.29, 0.717) is 12.1 Å². The lowest BCUT2D eigenvalue weighted by Gasteiger charge is -2.43. The maximum atomic E-state index is 7.71. The van der Waals surface area contributed by atoms with E-state index >= 15 is 0 Å². The van der Waals surface area contributed by atoms with Gasteiger partial charge in [0.15, 0.2) is 0 Å². The Morgan fingerprint density at radius 1 is 1.47 bits per heavy atom. The zero-order chi connectivity index (χ0) is 13.4. The van der Waals surface area contributed by atoms with Gasteiger partial charge in [-0.25, -0.2) is 4.98 Å². The number of nitrogen functional groups attached to an aromatic ring is 1. The Bertz CT molecular complexity index is 486.